The standard InChI is InChI=1S/C17H17N3O4S2/c1-9-6-10(2)15-14(7-9)25-17(19-15)20-16(21)12-8-11(26(18,22)23)4-5-13(12)24-3/h4-8H,1-3H3,(H2,18,22,23)(H,19,20,21). The molecule has 0 radical (unpaired) electrons. The van der Waals surface area contributed by atoms with Crippen molar-refractivity contribution in [2.45, 2.75) is 18.7 Å². The Hall–Kier alpha value is -2.49. The Morgan fingerprint density at radius 3 is 2.62 bits per heavy atom. The number of hydrogen-bond donors (Lipinski definition) is 2. The van der Waals surface area contributed by atoms with Crippen LogP contribution in [0.15, 0.2) is 35.2 Å². The van der Waals surface area contributed by atoms with Gasteiger partial charge in [0, 0.05) is 0 Å². The summed E-state index contributed by atoms with van der Waals surface area (Å²) < 4.78 is 29.2. The molecule has 3 N–H and O–H groups in total. The number of thiazole rings is 1. The fraction of sp³-hybridized carbons (Fsp3) is 0.176. The molecule has 0 fully saturated rings. The monoisotopic (exact) mass is 391 g/mol. The fourth-order valence-corrected chi connectivity index (χ4v) is 4.21. The van der Waals surface area contributed by atoms with E-state index in [1.54, 1.807) is 0 Å². The molecule has 7 nitrogen and oxygen atoms in total. The Kier molecular flexibility index (Phi) is 4.70. The van der Waals surface area contributed by atoms with Gasteiger partial charge in [0.2, 0.25) is 10.0 Å². The highest BCUT2D eigenvalue weighted by Gasteiger charge is 2.19. The van der Waals surface area contributed by atoms with Gasteiger partial charge >= 0.3 is 0 Å². The van der Waals surface area contributed by atoms with Crippen molar-refractivity contribution in [1.82, 2.24) is 4.98 Å². The van der Waals surface area contributed by atoms with Gasteiger partial charge in [-0.1, -0.05) is 17.4 Å². The van der Waals surface area contributed by atoms with E-state index in [0.717, 1.165) is 21.3 Å². The molecule has 26 heavy (non-hydrogen) atoms. The number of anilines is 1. The first-order valence-corrected chi connectivity index (χ1v) is 9.95. The maximum atomic E-state index is 12.6. The van der Waals surface area contributed by atoms with Crippen molar-refractivity contribution in [2.75, 3.05) is 12.4 Å². The number of primary sulfonamides is 1. The average molecular weight is 391 g/mol. The van der Waals surface area contributed by atoms with Crippen LogP contribution in [0.1, 0.15) is 21.5 Å². The van der Waals surface area contributed by atoms with E-state index < -0.39 is 15.9 Å². The number of hydrogen-bond acceptors (Lipinski definition) is 6. The number of nitrogens with two attached hydrogens (primary N) is 1. The summed E-state index contributed by atoms with van der Waals surface area (Å²) in [5.41, 5.74) is 3.01. The minimum Gasteiger partial charge on any atom is -0.496 e. The summed E-state index contributed by atoms with van der Waals surface area (Å²) in [5, 5.41) is 8.26. The summed E-state index contributed by atoms with van der Waals surface area (Å²) in [6, 6.07) is 7.88. The van der Waals surface area contributed by atoms with Gasteiger partial charge in [0.25, 0.3) is 5.91 Å². The molecule has 0 saturated carbocycles. The molecule has 1 amide bonds. The molecule has 9 heteroatoms. The molecule has 3 rings (SSSR count). The normalized spacial score (nSPS) is 11.5. The van der Waals surface area contributed by atoms with E-state index in [4.69, 9.17) is 9.88 Å². The molecule has 0 unspecified atom stereocenters. The van der Waals surface area contributed by atoms with Crippen LogP contribution in [0.3, 0.4) is 0 Å². The van der Waals surface area contributed by atoms with Crippen molar-refractivity contribution < 1.29 is 17.9 Å². The summed E-state index contributed by atoms with van der Waals surface area (Å²) in [5.74, 6) is -0.288. The second-order valence-electron chi connectivity index (χ2n) is 5.81. The van der Waals surface area contributed by atoms with Crippen molar-refractivity contribution in [3.8, 4) is 5.75 Å². The van der Waals surface area contributed by atoms with Crippen LogP contribution in [0.25, 0.3) is 10.2 Å². The molecular weight excluding hydrogens is 374 g/mol. The lowest BCUT2D eigenvalue weighted by molar-refractivity contribution is 0.102. The third-order valence-electron chi connectivity index (χ3n) is 3.79. The Labute approximate surface area is 154 Å². The largest absolute Gasteiger partial charge is 0.496 e. The third-order valence-corrected chi connectivity index (χ3v) is 5.62. The topological polar surface area (TPSA) is 111 Å². The summed E-state index contributed by atoms with van der Waals surface area (Å²) in [6.45, 7) is 3.95. The van der Waals surface area contributed by atoms with Gasteiger partial charge in [0.05, 0.1) is 27.8 Å². The molecule has 3 aromatic rings. The quantitative estimate of drug-likeness (QED) is 0.710. The van der Waals surface area contributed by atoms with Crippen LogP contribution in [0.2, 0.25) is 0 Å². The van der Waals surface area contributed by atoms with Gasteiger partial charge in [-0.3, -0.25) is 10.1 Å². The number of fused-ring (bicyclic) bond motifs is 1. The Balaban J connectivity index is 1.99. The van der Waals surface area contributed by atoms with Crippen molar-refractivity contribution in [1.29, 1.82) is 0 Å². The maximum absolute atomic E-state index is 12.6. The van der Waals surface area contributed by atoms with E-state index in [9.17, 15) is 13.2 Å². The Morgan fingerprint density at radius 2 is 1.96 bits per heavy atom. The van der Waals surface area contributed by atoms with Crippen LogP contribution in [0.5, 0.6) is 5.75 Å². The van der Waals surface area contributed by atoms with Crippen LogP contribution in [-0.4, -0.2) is 26.4 Å². The lowest BCUT2D eigenvalue weighted by atomic mass is 10.1. The number of nitrogens with one attached hydrogen (secondary N) is 1. The van der Waals surface area contributed by atoms with E-state index >= 15 is 0 Å². The highest BCUT2D eigenvalue weighted by atomic mass is 32.2. The highest BCUT2D eigenvalue weighted by molar-refractivity contribution is 7.89. The molecule has 0 aliphatic rings. The molecule has 1 heterocycles. The predicted octanol–water partition coefficient (Wildman–Crippen LogP) is 2.82. The fourth-order valence-electron chi connectivity index (χ4n) is 2.63. The highest BCUT2D eigenvalue weighted by Crippen LogP contribution is 2.30. The molecule has 0 bridgehead atoms. The number of benzene rings is 2. The molecule has 0 atom stereocenters. The zero-order valence-corrected chi connectivity index (χ0v) is 16.0. The SMILES string of the molecule is COc1ccc(S(N)(=O)=O)cc1C(=O)Nc1nc2c(C)cc(C)cc2s1. The number of rotatable bonds is 4. The maximum Gasteiger partial charge on any atom is 0.261 e. The van der Waals surface area contributed by atoms with Gasteiger partial charge in [-0.15, -0.1) is 0 Å². The van der Waals surface area contributed by atoms with E-state index in [1.165, 1.54) is 36.6 Å². The van der Waals surface area contributed by atoms with Crippen molar-refractivity contribution in [3.63, 3.8) is 0 Å². The number of carbonyl (C=O) groups excluding carboxylic acids is 1. The first-order valence-electron chi connectivity index (χ1n) is 7.59. The first-order chi connectivity index (χ1) is 12.2. The molecule has 0 aliphatic carbocycles. The number of amides is 1. The molecule has 0 spiro atoms. The molecule has 136 valence electrons. The van der Waals surface area contributed by atoms with E-state index in [1.807, 2.05) is 26.0 Å². The Morgan fingerprint density at radius 1 is 1.23 bits per heavy atom. The van der Waals surface area contributed by atoms with Gasteiger partial charge < -0.3 is 4.74 Å². The lowest BCUT2D eigenvalue weighted by Crippen LogP contribution is -2.16. The number of aromatic nitrogens is 1. The number of aryl methyl sites for hydroxylation is 2. The Bertz CT molecular complexity index is 1120. The summed E-state index contributed by atoms with van der Waals surface area (Å²) in [4.78, 5) is 16.9. The number of methoxy groups -OCH3 is 1. The van der Waals surface area contributed by atoms with E-state index in [0.29, 0.717) is 5.13 Å². The summed E-state index contributed by atoms with van der Waals surface area (Å²) >= 11 is 1.34. The number of nitrogens with zero attached hydrogens (tertiary/aromatic N) is 1. The van der Waals surface area contributed by atoms with Crippen molar-refractivity contribution in [2.24, 2.45) is 5.14 Å². The minimum atomic E-state index is -3.94. The molecular formula is C17H17N3O4S2. The van der Waals surface area contributed by atoms with Crippen LogP contribution >= 0.6 is 11.3 Å². The van der Waals surface area contributed by atoms with Crippen LogP contribution < -0.4 is 15.2 Å². The zero-order chi connectivity index (χ0) is 19.1. The van der Waals surface area contributed by atoms with Crippen molar-refractivity contribution in [3.05, 3.63) is 47.0 Å². The minimum absolute atomic E-state index is 0.0613. The van der Waals surface area contributed by atoms with Crippen LogP contribution in [0, 0.1) is 13.8 Å². The van der Waals surface area contributed by atoms with Crippen LogP contribution in [-0.2, 0) is 10.0 Å². The molecule has 0 saturated heterocycles. The average Bonchev–Trinajstić information content (AvgIpc) is 2.95. The predicted molar refractivity (Wildman–Crippen MR) is 101 cm³/mol. The van der Waals surface area contributed by atoms with Gasteiger partial charge in [0.1, 0.15) is 5.75 Å². The third kappa shape index (κ3) is 3.55. The second-order valence-corrected chi connectivity index (χ2v) is 8.40. The smallest absolute Gasteiger partial charge is 0.261 e. The van der Waals surface area contributed by atoms with Crippen molar-refractivity contribution >= 4 is 42.6 Å². The van der Waals surface area contributed by atoms with E-state index in [2.05, 4.69) is 10.3 Å². The zero-order valence-electron chi connectivity index (χ0n) is 14.4. The number of sulfonamides is 1. The van der Waals surface area contributed by atoms with E-state index in [-0.39, 0.29) is 16.2 Å². The summed E-state index contributed by atoms with van der Waals surface area (Å²) in [6.07, 6.45) is 0. The molecule has 0 aliphatic heterocycles. The molecule has 2 aromatic carbocycles. The number of ether oxygens (including phenoxy) is 1. The van der Waals surface area contributed by atoms with Crippen LogP contribution in [0.4, 0.5) is 5.13 Å². The van der Waals surface area contributed by atoms with Gasteiger partial charge in [0.15, 0.2) is 5.13 Å². The number of carbonyl (C=O) groups is 1. The van der Waals surface area contributed by atoms with Gasteiger partial charge in [-0.25, -0.2) is 18.5 Å². The lowest BCUT2D eigenvalue weighted by Gasteiger charge is -2.09. The summed E-state index contributed by atoms with van der Waals surface area (Å²) in [7, 11) is -2.54. The first kappa shape index (κ1) is 18.3. The van der Waals surface area contributed by atoms with Gasteiger partial charge in [-0.2, -0.15) is 0 Å². The molecule has 1 aromatic heterocycles. The van der Waals surface area contributed by atoms with Gasteiger partial charge in [-0.05, 0) is 49.2 Å². The second kappa shape index (κ2) is 6.67.